The first-order chi connectivity index (χ1) is 4.61. The van der Waals surface area contributed by atoms with Crippen LogP contribution in [0.3, 0.4) is 0 Å². The van der Waals surface area contributed by atoms with Crippen LogP contribution < -0.4 is 0 Å². The number of aromatic hydroxyl groups is 1. The van der Waals surface area contributed by atoms with Gasteiger partial charge >= 0.3 is 0 Å². The summed E-state index contributed by atoms with van der Waals surface area (Å²) in [6.07, 6.45) is 1.39. The van der Waals surface area contributed by atoms with Gasteiger partial charge in [0.05, 0.1) is 6.20 Å². The van der Waals surface area contributed by atoms with Crippen molar-refractivity contribution in [3.63, 3.8) is 0 Å². The first-order valence-corrected chi connectivity index (χ1v) is 2.85. The molecule has 1 N–H and O–H groups in total. The van der Waals surface area contributed by atoms with Gasteiger partial charge in [-0.2, -0.15) is 5.10 Å². The van der Waals surface area contributed by atoms with Crippen LogP contribution in [0.15, 0.2) is 6.20 Å². The van der Waals surface area contributed by atoms with Gasteiger partial charge in [0.1, 0.15) is 0 Å². The number of aryl methyl sites for hydroxylation is 1. The number of rotatable bonds is 1. The smallest absolute Gasteiger partial charge is 0.183 e. The fraction of sp³-hybridized carbons (Fsp3) is 0.333. The summed E-state index contributed by atoms with van der Waals surface area (Å²) < 4.78 is 1.39. The van der Waals surface area contributed by atoms with E-state index in [-0.39, 0.29) is 17.2 Å². The molecule has 0 saturated carbocycles. The Hall–Kier alpha value is -1.32. The van der Waals surface area contributed by atoms with Crippen LogP contribution in [-0.2, 0) is 7.05 Å². The van der Waals surface area contributed by atoms with E-state index in [4.69, 9.17) is 5.11 Å². The lowest BCUT2D eigenvalue weighted by molar-refractivity contribution is 0.101. The molecule has 0 aromatic carbocycles. The van der Waals surface area contributed by atoms with Gasteiger partial charge in [0.25, 0.3) is 0 Å². The normalized spacial score (nSPS) is 9.80. The second-order valence-electron chi connectivity index (χ2n) is 2.09. The first-order valence-electron chi connectivity index (χ1n) is 2.85. The maximum atomic E-state index is 10.6. The van der Waals surface area contributed by atoms with E-state index in [1.54, 1.807) is 7.05 Å². The lowest BCUT2D eigenvalue weighted by Gasteiger charge is -1.85. The van der Waals surface area contributed by atoms with E-state index in [2.05, 4.69) is 5.10 Å². The van der Waals surface area contributed by atoms with Crippen LogP contribution >= 0.6 is 0 Å². The van der Waals surface area contributed by atoms with Crippen molar-refractivity contribution in [2.75, 3.05) is 0 Å². The maximum absolute atomic E-state index is 10.6. The Bertz CT molecular complexity index is 265. The Morgan fingerprint density at radius 1 is 1.80 bits per heavy atom. The lowest BCUT2D eigenvalue weighted by atomic mass is 10.3. The summed E-state index contributed by atoms with van der Waals surface area (Å²) in [5.41, 5.74) is 0.127. The Labute approximate surface area is 58.1 Å². The minimum atomic E-state index is -0.224. The van der Waals surface area contributed by atoms with Gasteiger partial charge in [-0.15, -0.1) is 0 Å². The number of hydrogen-bond donors (Lipinski definition) is 1. The standard InChI is InChI=1S/C6H8N2O2/c1-4(9)6-5(10)3-8(2)7-6/h3,10H,1-2H3. The molecule has 0 fully saturated rings. The number of Topliss-reactive ketones (excluding diaryl/α,β-unsaturated/α-hetero) is 1. The molecule has 0 bridgehead atoms. The number of ketones is 1. The summed E-state index contributed by atoms with van der Waals surface area (Å²) in [4.78, 5) is 10.6. The zero-order valence-electron chi connectivity index (χ0n) is 5.83. The van der Waals surface area contributed by atoms with Crippen molar-refractivity contribution < 1.29 is 9.90 Å². The lowest BCUT2D eigenvalue weighted by Crippen LogP contribution is -1.95. The van der Waals surface area contributed by atoms with Crippen LogP contribution in [0.1, 0.15) is 17.4 Å². The second-order valence-corrected chi connectivity index (χ2v) is 2.09. The van der Waals surface area contributed by atoms with E-state index in [0.29, 0.717) is 0 Å². The molecule has 4 nitrogen and oxygen atoms in total. The van der Waals surface area contributed by atoms with Gasteiger partial charge in [-0.05, 0) is 0 Å². The minimum absolute atomic E-state index is 0.0602. The average Bonchev–Trinajstić information content (AvgIpc) is 2.10. The molecule has 0 saturated heterocycles. The fourth-order valence-electron chi connectivity index (χ4n) is 0.727. The quantitative estimate of drug-likeness (QED) is 0.572. The number of nitrogens with zero attached hydrogens (tertiary/aromatic N) is 2. The van der Waals surface area contributed by atoms with Gasteiger partial charge in [-0.25, -0.2) is 0 Å². The Morgan fingerprint density at radius 2 is 2.40 bits per heavy atom. The second kappa shape index (κ2) is 2.13. The highest BCUT2D eigenvalue weighted by Crippen LogP contribution is 2.13. The highest BCUT2D eigenvalue weighted by Gasteiger charge is 2.09. The van der Waals surface area contributed by atoms with E-state index < -0.39 is 0 Å². The summed E-state index contributed by atoms with van der Waals surface area (Å²) in [6, 6.07) is 0. The van der Waals surface area contributed by atoms with Gasteiger partial charge in [-0.3, -0.25) is 9.48 Å². The third-order valence-corrected chi connectivity index (χ3v) is 1.14. The molecule has 0 spiro atoms. The third kappa shape index (κ3) is 1.00. The third-order valence-electron chi connectivity index (χ3n) is 1.14. The van der Waals surface area contributed by atoms with Gasteiger partial charge in [-0.1, -0.05) is 0 Å². The van der Waals surface area contributed by atoms with Gasteiger partial charge < -0.3 is 5.11 Å². The zero-order valence-corrected chi connectivity index (χ0v) is 5.83. The highest BCUT2D eigenvalue weighted by atomic mass is 16.3. The van der Waals surface area contributed by atoms with Crippen LogP contribution in [0.25, 0.3) is 0 Å². The van der Waals surface area contributed by atoms with E-state index in [9.17, 15) is 4.79 Å². The molecule has 54 valence electrons. The van der Waals surface area contributed by atoms with Crippen molar-refractivity contribution in [1.82, 2.24) is 9.78 Å². The van der Waals surface area contributed by atoms with Crippen LogP contribution in [0.4, 0.5) is 0 Å². The first kappa shape index (κ1) is 6.80. The molecule has 0 radical (unpaired) electrons. The Morgan fingerprint density at radius 3 is 2.60 bits per heavy atom. The van der Waals surface area contributed by atoms with Crippen LogP contribution in [-0.4, -0.2) is 20.7 Å². The molecule has 0 unspecified atom stereocenters. The number of carbonyl (C=O) groups excluding carboxylic acids is 1. The number of aromatic nitrogens is 2. The van der Waals surface area contributed by atoms with E-state index in [0.717, 1.165) is 0 Å². The molecule has 1 rings (SSSR count). The van der Waals surface area contributed by atoms with Crippen molar-refractivity contribution in [1.29, 1.82) is 0 Å². The summed E-state index contributed by atoms with van der Waals surface area (Å²) in [6.45, 7) is 1.36. The van der Waals surface area contributed by atoms with Crippen LogP contribution in [0.2, 0.25) is 0 Å². The van der Waals surface area contributed by atoms with Gasteiger partial charge in [0.15, 0.2) is 17.2 Å². The zero-order chi connectivity index (χ0) is 7.72. The predicted molar refractivity (Wildman–Crippen MR) is 34.9 cm³/mol. The number of hydrogen-bond acceptors (Lipinski definition) is 3. The van der Waals surface area contributed by atoms with Crippen molar-refractivity contribution in [2.45, 2.75) is 6.92 Å². The summed E-state index contributed by atoms with van der Waals surface area (Å²) >= 11 is 0. The van der Waals surface area contributed by atoms with Crippen LogP contribution in [0.5, 0.6) is 5.75 Å². The molecular formula is C6H8N2O2. The van der Waals surface area contributed by atoms with E-state index >= 15 is 0 Å². The molecule has 0 atom stereocenters. The minimum Gasteiger partial charge on any atom is -0.504 e. The van der Waals surface area contributed by atoms with Gasteiger partial charge in [0, 0.05) is 14.0 Å². The molecule has 4 heteroatoms. The molecule has 1 aromatic heterocycles. The topological polar surface area (TPSA) is 55.1 Å². The van der Waals surface area contributed by atoms with Gasteiger partial charge in [0.2, 0.25) is 0 Å². The van der Waals surface area contributed by atoms with Crippen molar-refractivity contribution in [3.05, 3.63) is 11.9 Å². The molecule has 1 heterocycles. The molecule has 0 aliphatic heterocycles. The van der Waals surface area contributed by atoms with E-state index in [1.807, 2.05) is 0 Å². The maximum Gasteiger partial charge on any atom is 0.183 e. The molecule has 0 aliphatic rings. The number of carbonyl (C=O) groups is 1. The Balaban J connectivity index is 3.15. The molecule has 10 heavy (non-hydrogen) atoms. The molecule has 0 amide bonds. The summed E-state index contributed by atoms with van der Waals surface area (Å²) in [7, 11) is 1.64. The fourth-order valence-corrected chi connectivity index (χ4v) is 0.727. The van der Waals surface area contributed by atoms with Crippen molar-refractivity contribution in [2.24, 2.45) is 7.05 Å². The van der Waals surface area contributed by atoms with Crippen molar-refractivity contribution >= 4 is 5.78 Å². The molecular weight excluding hydrogens is 132 g/mol. The molecule has 0 aliphatic carbocycles. The molecule has 1 aromatic rings. The van der Waals surface area contributed by atoms with Crippen LogP contribution in [0, 0.1) is 0 Å². The summed E-state index contributed by atoms with van der Waals surface area (Å²) in [5, 5.41) is 12.7. The van der Waals surface area contributed by atoms with E-state index in [1.165, 1.54) is 17.8 Å². The predicted octanol–water partition coefficient (Wildman–Crippen LogP) is 0.328. The highest BCUT2D eigenvalue weighted by molar-refractivity contribution is 5.94. The van der Waals surface area contributed by atoms with Crippen molar-refractivity contribution in [3.8, 4) is 5.75 Å². The Kier molecular flexibility index (Phi) is 1.45. The monoisotopic (exact) mass is 140 g/mol. The average molecular weight is 140 g/mol. The largest absolute Gasteiger partial charge is 0.504 e. The SMILES string of the molecule is CC(=O)c1nn(C)cc1O. The summed E-state index contributed by atoms with van der Waals surface area (Å²) in [5.74, 6) is -0.284.